The standard InChI is InChI=1S/C22H25BrN6O2S/c1-13(2)32(30,31)28-8-7-15(12-28)20-19(23)21(24)29-22(27-20)17(11-26-29)16-9-14-5-3-4-6-18(14)25-10-16/h3-6,9-10,13,15,17,24,26H,7-8,11-12H2,1-2H3. The Morgan fingerprint density at radius 3 is 2.84 bits per heavy atom. The Morgan fingerprint density at radius 1 is 1.28 bits per heavy atom. The smallest absolute Gasteiger partial charge is 0.216 e. The topological polar surface area (TPSA) is 104 Å². The first-order valence-corrected chi connectivity index (χ1v) is 13.0. The summed E-state index contributed by atoms with van der Waals surface area (Å²) in [5.41, 5.74) is 6.31. The molecule has 0 radical (unpaired) electrons. The zero-order chi connectivity index (χ0) is 22.6. The number of halogens is 1. The molecule has 32 heavy (non-hydrogen) atoms. The minimum atomic E-state index is -3.31. The number of nitrogens with one attached hydrogen (secondary N) is 2. The highest BCUT2D eigenvalue weighted by Crippen LogP contribution is 2.34. The lowest BCUT2D eigenvalue weighted by Crippen LogP contribution is -2.35. The van der Waals surface area contributed by atoms with Gasteiger partial charge in [-0.25, -0.2) is 22.4 Å². The Morgan fingerprint density at radius 2 is 2.06 bits per heavy atom. The molecule has 10 heteroatoms. The predicted octanol–water partition coefficient (Wildman–Crippen LogP) is 2.89. The molecule has 1 fully saturated rings. The van der Waals surface area contributed by atoms with Crippen molar-refractivity contribution in [1.82, 2.24) is 18.9 Å². The lowest BCUT2D eigenvalue weighted by molar-refractivity contribution is 0.464. The number of hydrogen-bond acceptors (Lipinski definition) is 6. The van der Waals surface area contributed by atoms with Crippen LogP contribution in [0.5, 0.6) is 0 Å². The molecule has 2 unspecified atom stereocenters. The van der Waals surface area contributed by atoms with Crippen LogP contribution >= 0.6 is 15.9 Å². The van der Waals surface area contributed by atoms with E-state index in [1.165, 1.54) is 0 Å². The third-order valence-corrected chi connectivity index (χ3v) is 9.42. The van der Waals surface area contributed by atoms with Crippen molar-refractivity contribution in [3.8, 4) is 0 Å². The molecule has 3 aromatic rings. The summed E-state index contributed by atoms with van der Waals surface area (Å²) >= 11 is 3.56. The highest BCUT2D eigenvalue weighted by Gasteiger charge is 2.37. The molecule has 0 saturated carbocycles. The molecule has 0 aliphatic carbocycles. The van der Waals surface area contributed by atoms with Gasteiger partial charge in [-0.15, -0.1) is 0 Å². The molecule has 1 saturated heterocycles. The van der Waals surface area contributed by atoms with Crippen LogP contribution in [0.1, 0.15) is 49.2 Å². The molecule has 2 aliphatic heterocycles. The summed E-state index contributed by atoms with van der Waals surface area (Å²) in [4.78, 5) is 9.58. The first-order chi connectivity index (χ1) is 15.3. The summed E-state index contributed by atoms with van der Waals surface area (Å²) in [5.74, 6) is 0.666. The second-order valence-electron chi connectivity index (χ2n) is 8.67. The van der Waals surface area contributed by atoms with Crippen molar-refractivity contribution in [2.75, 3.05) is 25.1 Å². The quantitative estimate of drug-likeness (QED) is 0.554. The first kappa shape index (κ1) is 21.5. The number of rotatable bonds is 4. The summed E-state index contributed by atoms with van der Waals surface area (Å²) in [7, 11) is -3.31. The number of para-hydroxylation sites is 1. The van der Waals surface area contributed by atoms with Crippen molar-refractivity contribution < 1.29 is 8.42 Å². The zero-order valence-electron chi connectivity index (χ0n) is 17.9. The summed E-state index contributed by atoms with van der Waals surface area (Å²) in [6, 6.07) is 10.1. The summed E-state index contributed by atoms with van der Waals surface area (Å²) in [6.45, 7) is 4.91. The third-order valence-electron chi connectivity index (χ3n) is 6.39. The van der Waals surface area contributed by atoms with E-state index in [1.54, 1.807) is 22.8 Å². The van der Waals surface area contributed by atoms with Crippen LogP contribution in [-0.4, -0.2) is 52.3 Å². The van der Waals surface area contributed by atoms with Gasteiger partial charge in [-0.3, -0.25) is 10.4 Å². The summed E-state index contributed by atoms with van der Waals surface area (Å²) in [5, 5.41) is 9.29. The number of aromatic nitrogens is 3. The van der Waals surface area contributed by atoms with Crippen molar-refractivity contribution in [2.45, 2.75) is 37.4 Å². The number of hydrogen-bond donors (Lipinski definition) is 2. The fourth-order valence-corrected chi connectivity index (χ4v) is 6.45. The van der Waals surface area contributed by atoms with Gasteiger partial charge in [0.05, 0.1) is 26.9 Å². The van der Waals surface area contributed by atoms with Crippen LogP contribution < -0.4 is 10.9 Å². The maximum absolute atomic E-state index is 12.6. The van der Waals surface area contributed by atoms with Gasteiger partial charge in [-0.05, 0) is 53.9 Å². The van der Waals surface area contributed by atoms with E-state index < -0.39 is 15.3 Å². The Labute approximate surface area is 195 Å². The Hall–Kier alpha value is -2.30. The van der Waals surface area contributed by atoms with Crippen LogP contribution in [0.25, 0.3) is 10.9 Å². The van der Waals surface area contributed by atoms with Crippen molar-refractivity contribution in [1.29, 1.82) is 5.41 Å². The van der Waals surface area contributed by atoms with Crippen LogP contribution in [0.15, 0.2) is 41.0 Å². The van der Waals surface area contributed by atoms with E-state index in [4.69, 9.17) is 10.4 Å². The second-order valence-corrected chi connectivity index (χ2v) is 11.9. The molecule has 1 aromatic carbocycles. The van der Waals surface area contributed by atoms with Gasteiger partial charge in [0, 0.05) is 37.1 Å². The molecular weight excluding hydrogens is 492 g/mol. The van der Waals surface area contributed by atoms with Gasteiger partial charge in [-0.2, -0.15) is 0 Å². The predicted molar refractivity (Wildman–Crippen MR) is 127 cm³/mol. The SMILES string of the molecule is CC(C)S(=O)(=O)N1CCC(c2nc3n(c(=N)c2Br)NCC3c2cnc3ccccc3c2)C1. The Balaban J connectivity index is 1.53. The molecular formula is C22H25BrN6O2S. The number of fused-ring (bicyclic) bond motifs is 2. The molecule has 2 aliphatic rings. The number of nitrogens with zero attached hydrogens (tertiary/aromatic N) is 4. The largest absolute Gasteiger partial charge is 0.322 e. The van der Waals surface area contributed by atoms with Crippen molar-refractivity contribution in [2.24, 2.45) is 0 Å². The van der Waals surface area contributed by atoms with Gasteiger partial charge in [0.1, 0.15) is 5.82 Å². The van der Waals surface area contributed by atoms with Crippen LogP contribution in [-0.2, 0) is 10.0 Å². The molecule has 168 valence electrons. The van der Waals surface area contributed by atoms with Gasteiger partial charge in [0.15, 0.2) is 5.49 Å². The Kier molecular flexibility index (Phi) is 5.34. The van der Waals surface area contributed by atoms with Crippen molar-refractivity contribution in [3.05, 3.63) is 63.6 Å². The van der Waals surface area contributed by atoms with Gasteiger partial charge < -0.3 is 5.43 Å². The van der Waals surface area contributed by atoms with Gasteiger partial charge in [-0.1, -0.05) is 18.2 Å². The van der Waals surface area contributed by atoms with Crippen LogP contribution in [0.3, 0.4) is 0 Å². The zero-order valence-corrected chi connectivity index (χ0v) is 20.3. The molecule has 2 atom stereocenters. The van der Waals surface area contributed by atoms with E-state index in [9.17, 15) is 8.42 Å². The highest BCUT2D eigenvalue weighted by molar-refractivity contribution is 9.10. The third kappa shape index (κ3) is 3.45. The normalized spacial score (nSPS) is 21.2. The lowest BCUT2D eigenvalue weighted by Gasteiger charge is -2.20. The van der Waals surface area contributed by atoms with E-state index in [0.29, 0.717) is 36.0 Å². The van der Waals surface area contributed by atoms with E-state index in [2.05, 4.69) is 32.4 Å². The average Bonchev–Trinajstić information content (AvgIpc) is 3.43. The highest BCUT2D eigenvalue weighted by atomic mass is 79.9. The summed E-state index contributed by atoms with van der Waals surface area (Å²) in [6.07, 6.45) is 2.57. The van der Waals surface area contributed by atoms with Gasteiger partial charge in [0.2, 0.25) is 10.0 Å². The average molecular weight is 517 g/mol. The van der Waals surface area contributed by atoms with Crippen LogP contribution in [0.4, 0.5) is 0 Å². The minimum absolute atomic E-state index is 0.0417. The van der Waals surface area contributed by atoms with Crippen molar-refractivity contribution in [3.63, 3.8) is 0 Å². The van der Waals surface area contributed by atoms with Crippen LogP contribution in [0, 0.1) is 5.41 Å². The monoisotopic (exact) mass is 516 g/mol. The second kappa shape index (κ2) is 7.93. The lowest BCUT2D eigenvalue weighted by atomic mass is 9.98. The minimum Gasteiger partial charge on any atom is -0.322 e. The maximum Gasteiger partial charge on any atom is 0.216 e. The van der Waals surface area contributed by atoms with Crippen molar-refractivity contribution >= 4 is 36.9 Å². The van der Waals surface area contributed by atoms with Gasteiger partial charge in [0.25, 0.3) is 0 Å². The molecule has 4 heterocycles. The van der Waals surface area contributed by atoms with Crippen LogP contribution in [0.2, 0.25) is 0 Å². The molecule has 8 nitrogen and oxygen atoms in total. The van der Waals surface area contributed by atoms with E-state index in [-0.39, 0.29) is 11.8 Å². The molecule has 0 bridgehead atoms. The maximum atomic E-state index is 12.6. The fraction of sp³-hybridized carbons (Fsp3) is 0.409. The molecule has 0 spiro atoms. The molecule has 2 N–H and O–H groups in total. The number of sulfonamides is 1. The Bertz CT molecular complexity index is 1370. The fourth-order valence-electron chi connectivity index (χ4n) is 4.52. The number of benzene rings is 1. The molecule has 2 aromatic heterocycles. The van der Waals surface area contributed by atoms with Gasteiger partial charge >= 0.3 is 0 Å². The van der Waals surface area contributed by atoms with E-state index in [1.807, 2.05) is 30.5 Å². The van der Waals surface area contributed by atoms with E-state index >= 15 is 0 Å². The van der Waals surface area contributed by atoms with E-state index in [0.717, 1.165) is 28.0 Å². The number of pyridine rings is 1. The first-order valence-electron chi connectivity index (χ1n) is 10.7. The summed E-state index contributed by atoms with van der Waals surface area (Å²) < 4.78 is 29.1. The molecule has 0 amide bonds. The molecule has 5 rings (SSSR count).